The van der Waals surface area contributed by atoms with E-state index in [0.717, 1.165) is 70.9 Å². The Balaban J connectivity index is 1.31. The molecule has 1 saturated heterocycles. The van der Waals surface area contributed by atoms with Crippen LogP contribution in [0.15, 0.2) is 11.6 Å². The predicted molar refractivity (Wildman–Crippen MR) is 176 cm³/mol. The summed E-state index contributed by atoms with van der Waals surface area (Å²) in [6.45, 7) is 21.9. The molecule has 252 valence electrons. The quantitative estimate of drug-likeness (QED) is 0.294. The minimum atomic E-state index is -0.545. The van der Waals surface area contributed by atoms with Crippen LogP contribution < -0.4 is 0 Å². The molecule has 0 aromatic heterocycles. The highest BCUT2D eigenvalue weighted by Gasteiger charge is 2.70. The first-order valence-corrected chi connectivity index (χ1v) is 18.3. The van der Waals surface area contributed by atoms with Crippen molar-refractivity contribution in [3.05, 3.63) is 11.6 Å². The molecule has 0 aromatic carbocycles. The summed E-state index contributed by atoms with van der Waals surface area (Å²) in [5, 5.41) is 0. The van der Waals surface area contributed by atoms with Gasteiger partial charge in [0.25, 0.3) is 0 Å². The zero-order valence-corrected chi connectivity index (χ0v) is 29.9. The number of fused-ring (bicyclic) bond motifs is 7. The molecule has 0 spiro atoms. The molecule has 6 aliphatic rings. The maximum absolute atomic E-state index is 14.7. The first-order chi connectivity index (χ1) is 20.9. The van der Waals surface area contributed by atoms with Crippen molar-refractivity contribution in [3.63, 3.8) is 0 Å². The third-order valence-corrected chi connectivity index (χ3v) is 15.5. The molecule has 4 saturated carbocycles. The SMILES string of the molecule is CC(=O)O[C@H]1CC[C@@]2(C)[C@@H](CC[C@@]3(C)[C@H]2C(=O)C=C2[C@@H]4C[C@](C)(C(=O)O[C@H](C)N5CCCCC5)CC[C@]4(C)CC[C@]23C)C1(C)C. The van der Waals surface area contributed by atoms with Gasteiger partial charge in [-0.15, -0.1) is 0 Å². The Morgan fingerprint density at radius 2 is 1.56 bits per heavy atom. The van der Waals surface area contributed by atoms with Crippen LogP contribution in [0.1, 0.15) is 139 Å². The topological polar surface area (TPSA) is 72.9 Å². The monoisotopic (exact) mass is 623 g/mol. The van der Waals surface area contributed by atoms with Crippen molar-refractivity contribution < 1.29 is 23.9 Å². The molecule has 6 nitrogen and oxygen atoms in total. The zero-order valence-electron chi connectivity index (χ0n) is 29.9. The van der Waals surface area contributed by atoms with Gasteiger partial charge in [-0.25, -0.2) is 0 Å². The van der Waals surface area contributed by atoms with Gasteiger partial charge < -0.3 is 9.47 Å². The van der Waals surface area contributed by atoms with Gasteiger partial charge in [0.15, 0.2) is 12.0 Å². The van der Waals surface area contributed by atoms with Crippen LogP contribution in [0.2, 0.25) is 0 Å². The van der Waals surface area contributed by atoms with Crippen LogP contribution in [0.25, 0.3) is 0 Å². The van der Waals surface area contributed by atoms with Crippen LogP contribution in [-0.4, -0.2) is 48.0 Å². The van der Waals surface area contributed by atoms with E-state index in [4.69, 9.17) is 9.47 Å². The molecule has 5 fully saturated rings. The molecule has 10 atom stereocenters. The van der Waals surface area contributed by atoms with Crippen LogP contribution in [-0.2, 0) is 23.9 Å². The fraction of sp³-hybridized carbons (Fsp3) is 0.872. The second-order valence-corrected chi connectivity index (χ2v) is 18.3. The number of piperidine rings is 1. The first kappa shape index (κ1) is 33.2. The predicted octanol–water partition coefficient (Wildman–Crippen LogP) is 8.27. The van der Waals surface area contributed by atoms with Crippen molar-refractivity contribution in [2.75, 3.05) is 13.1 Å². The van der Waals surface area contributed by atoms with Crippen molar-refractivity contribution in [3.8, 4) is 0 Å². The smallest absolute Gasteiger partial charge is 0.313 e. The summed E-state index contributed by atoms with van der Waals surface area (Å²) in [6, 6.07) is 0. The summed E-state index contributed by atoms with van der Waals surface area (Å²) in [5.74, 6) is 0.507. The van der Waals surface area contributed by atoms with Gasteiger partial charge in [-0.1, -0.05) is 53.5 Å². The lowest BCUT2D eigenvalue weighted by Gasteiger charge is -2.70. The van der Waals surface area contributed by atoms with Gasteiger partial charge in [-0.05, 0) is 124 Å². The van der Waals surface area contributed by atoms with Gasteiger partial charge in [-0.3, -0.25) is 19.3 Å². The van der Waals surface area contributed by atoms with Crippen molar-refractivity contribution in [2.45, 2.75) is 152 Å². The van der Waals surface area contributed by atoms with E-state index >= 15 is 0 Å². The van der Waals surface area contributed by atoms with Crippen molar-refractivity contribution in [1.29, 1.82) is 0 Å². The number of ether oxygens (including phenoxy) is 2. The Morgan fingerprint density at radius 3 is 2.22 bits per heavy atom. The number of hydrogen-bond acceptors (Lipinski definition) is 6. The number of carbonyl (C=O) groups is 3. The van der Waals surface area contributed by atoms with E-state index < -0.39 is 5.41 Å². The minimum Gasteiger partial charge on any atom is -0.462 e. The average Bonchev–Trinajstić information content (AvgIpc) is 2.97. The highest BCUT2D eigenvalue weighted by Crippen LogP contribution is 2.75. The standard InChI is InChI=1S/C39H61NO5/c1-25(40-21-11-10-12-22-40)44-33(43)36(6)18-17-35(5)19-20-38(8)27(28(35)24-36)23-29(42)32-37(7)15-14-31(45-26(2)41)34(3,4)30(37)13-16-39(32,38)9/h23,25,28,30-32H,10-22,24H2,1-9H3/t25-,28+,30+,31+,32+,35-,36-,37+,38-,39+/m1/s1. The Kier molecular flexibility index (Phi) is 8.06. The van der Waals surface area contributed by atoms with Crippen molar-refractivity contribution >= 4 is 17.7 Å². The van der Waals surface area contributed by atoms with Crippen molar-refractivity contribution in [2.24, 2.45) is 50.2 Å². The normalized spacial score (nSPS) is 46.8. The minimum absolute atomic E-state index is 0.0512. The Bertz CT molecular complexity index is 1270. The molecule has 0 unspecified atom stereocenters. The van der Waals surface area contributed by atoms with Crippen LogP contribution >= 0.6 is 0 Å². The van der Waals surface area contributed by atoms with Crippen molar-refractivity contribution in [1.82, 2.24) is 4.90 Å². The van der Waals surface area contributed by atoms with E-state index in [1.54, 1.807) is 0 Å². The third-order valence-electron chi connectivity index (χ3n) is 15.5. The molecule has 45 heavy (non-hydrogen) atoms. The van der Waals surface area contributed by atoms with Gasteiger partial charge in [0.2, 0.25) is 0 Å². The second-order valence-electron chi connectivity index (χ2n) is 18.3. The summed E-state index contributed by atoms with van der Waals surface area (Å²) in [6.07, 6.45) is 14.0. The number of likely N-dealkylation sites (tertiary alicyclic amines) is 1. The summed E-state index contributed by atoms with van der Waals surface area (Å²) >= 11 is 0. The van der Waals surface area contributed by atoms with Gasteiger partial charge >= 0.3 is 11.9 Å². The lowest BCUT2D eigenvalue weighted by molar-refractivity contribution is -0.210. The number of nitrogens with zero attached hydrogens (tertiary/aromatic N) is 1. The Hall–Kier alpha value is -1.69. The van der Waals surface area contributed by atoms with Gasteiger partial charge in [0.1, 0.15) is 6.10 Å². The molecule has 0 N–H and O–H groups in total. The highest BCUT2D eigenvalue weighted by molar-refractivity contribution is 5.95. The summed E-state index contributed by atoms with van der Waals surface area (Å²) in [7, 11) is 0. The van der Waals surface area contributed by atoms with Crippen LogP contribution in [0.3, 0.4) is 0 Å². The Morgan fingerprint density at radius 1 is 0.889 bits per heavy atom. The van der Waals surface area contributed by atoms with Gasteiger partial charge in [0.05, 0.1) is 5.41 Å². The largest absolute Gasteiger partial charge is 0.462 e. The maximum Gasteiger partial charge on any atom is 0.313 e. The van der Waals surface area contributed by atoms with Crippen LogP contribution in [0, 0.1) is 50.2 Å². The summed E-state index contributed by atoms with van der Waals surface area (Å²) in [5.41, 5.74) is 0.303. The lowest BCUT2D eigenvalue weighted by Crippen LogP contribution is -2.66. The molecule has 0 bridgehead atoms. The number of allylic oxidation sites excluding steroid dienone is 2. The fourth-order valence-electron chi connectivity index (χ4n) is 12.4. The average molecular weight is 624 g/mol. The van der Waals surface area contributed by atoms with Gasteiger partial charge in [-0.2, -0.15) is 0 Å². The molecular weight excluding hydrogens is 562 g/mol. The number of rotatable bonds is 4. The highest BCUT2D eigenvalue weighted by atomic mass is 16.6. The molecule has 6 heteroatoms. The fourth-order valence-corrected chi connectivity index (χ4v) is 12.4. The van der Waals surface area contributed by atoms with E-state index in [-0.39, 0.29) is 63.2 Å². The molecular formula is C39H61NO5. The number of esters is 2. The molecule has 0 aromatic rings. The van der Waals surface area contributed by atoms with Gasteiger partial charge in [0, 0.05) is 31.3 Å². The summed E-state index contributed by atoms with van der Waals surface area (Å²) < 4.78 is 12.1. The second kappa shape index (κ2) is 10.9. The number of hydrogen-bond donors (Lipinski definition) is 0. The summed E-state index contributed by atoms with van der Waals surface area (Å²) in [4.78, 5) is 43.0. The Labute approximate surface area is 272 Å². The van der Waals surface area contributed by atoms with E-state index in [1.807, 2.05) is 6.92 Å². The molecule has 0 radical (unpaired) electrons. The number of carbonyl (C=O) groups excluding carboxylic acids is 3. The van der Waals surface area contributed by atoms with Crippen LogP contribution in [0.4, 0.5) is 0 Å². The molecule has 6 rings (SSSR count). The first-order valence-electron chi connectivity index (χ1n) is 18.3. The van der Waals surface area contributed by atoms with E-state index in [2.05, 4.69) is 59.4 Å². The molecule has 1 heterocycles. The molecule has 5 aliphatic carbocycles. The maximum atomic E-state index is 14.7. The molecule has 0 amide bonds. The van der Waals surface area contributed by atoms with E-state index in [1.165, 1.54) is 31.8 Å². The lowest BCUT2D eigenvalue weighted by atomic mass is 9.33. The van der Waals surface area contributed by atoms with Crippen LogP contribution in [0.5, 0.6) is 0 Å². The molecule has 1 aliphatic heterocycles. The van der Waals surface area contributed by atoms with E-state index in [0.29, 0.717) is 11.7 Å². The van der Waals surface area contributed by atoms with E-state index in [9.17, 15) is 14.4 Å². The third kappa shape index (κ3) is 4.91. The zero-order chi connectivity index (χ0) is 32.8. The number of ketones is 1.